The number of anilines is 1. The predicted molar refractivity (Wildman–Crippen MR) is 95.8 cm³/mol. The maximum Gasteiger partial charge on any atom is 0.286 e. The quantitative estimate of drug-likeness (QED) is 0.742. The van der Waals surface area contributed by atoms with Crippen molar-refractivity contribution in [2.24, 2.45) is 4.40 Å². The molecule has 1 aromatic heterocycles. The smallest absolute Gasteiger partial charge is 0.286 e. The molecule has 3 aromatic rings. The van der Waals surface area contributed by atoms with Crippen LogP contribution in [0.2, 0.25) is 5.02 Å². The van der Waals surface area contributed by atoms with Crippen molar-refractivity contribution in [2.75, 3.05) is 5.32 Å². The number of hydrogen-bond acceptors (Lipinski definition) is 5. The SMILES string of the molecule is O=c1c2cccc(Cl)c2sn1CC1=NS(=O)(=O)c2ccccc2N1. The summed E-state index contributed by atoms with van der Waals surface area (Å²) in [5, 5.41) is 3.97. The Morgan fingerprint density at radius 3 is 2.75 bits per heavy atom. The molecular formula is C15H10ClN3O3S2. The highest BCUT2D eigenvalue weighted by Gasteiger charge is 2.25. The van der Waals surface area contributed by atoms with E-state index >= 15 is 0 Å². The van der Waals surface area contributed by atoms with Crippen molar-refractivity contribution < 1.29 is 8.42 Å². The maximum absolute atomic E-state index is 12.4. The fraction of sp³-hybridized carbons (Fsp3) is 0.0667. The lowest BCUT2D eigenvalue weighted by Gasteiger charge is -2.17. The molecule has 0 saturated carbocycles. The van der Waals surface area contributed by atoms with Crippen LogP contribution in [0.3, 0.4) is 0 Å². The summed E-state index contributed by atoms with van der Waals surface area (Å²) in [7, 11) is -3.77. The first-order chi connectivity index (χ1) is 11.5. The van der Waals surface area contributed by atoms with E-state index in [-0.39, 0.29) is 22.8 Å². The van der Waals surface area contributed by atoms with E-state index in [4.69, 9.17) is 11.6 Å². The van der Waals surface area contributed by atoms with Crippen molar-refractivity contribution >= 4 is 54.8 Å². The first-order valence-electron chi connectivity index (χ1n) is 6.94. The lowest BCUT2D eigenvalue weighted by Crippen LogP contribution is -2.28. The number of halogens is 1. The maximum atomic E-state index is 12.4. The van der Waals surface area contributed by atoms with Gasteiger partial charge in [0.25, 0.3) is 15.6 Å². The third-order valence-corrected chi connectivity index (χ3v) is 6.53. The van der Waals surface area contributed by atoms with Gasteiger partial charge in [-0.1, -0.05) is 41.3 Å². The molecule has 4 rings (SSSR count). The van der Waals surface area contributed by atoms with Gasteiger partial charge < -0.3 is 5.32 Å². The fourth-order valence-corrected chi connectivity index (χ4v) is 4.95. The van der Waals surface area contributed by atoms with Gasteiger partial charge in [-0.3, -0.25) is 8.75 Å². The molecular weight excluding hydrogens is 370 g/mol. The lowest BCUT2D eigenvalue weighted by atomic mass is 10.3. The highest BCUT2D eigenvalue weighted by molar-refractivity contribution is 7.90. The molecule has 0 aliphatic carbocycles. The Bertz CT molecular complexity index is 1160. The summed E-state index contributed by atoms with van der Waals surface area (Å²) in [6.45, 7) is 0.0298. The number of aromatic nitrogens is 1. The van der Waals surface area contributed by atoms with Gasteiger partial charge in [-0.05, 0) is 24.3 Å². The summed E-state index contributed by atoms with van der Waals surface area (Å²) in [6.07, 6.45) is 0. The van der Waals surface area contributed by atoms with E-state index in [0.29, 0.717) is 20.8 Å². The number of amidine groups is 1. The van der Waals surface area contributed by atoms with Crippen LogP contribution in [0.15, 0.2) is 56.6 Å². The molecule has 0 radical (unpaired) electrons. The van der Waals surface area contributed by atoms with Crippen LogP contribution in [0, 0.1) is 0 Å². The van der Waals surface area contributed by atoms with E-state index < -0.39 is 10.0 Å². The van der Waals surface area contributed by atoms with Gasteiger partial charge in [0.1, 0.15) is 10.7 Å². The van der Waals surface area contributed by atoms with E-state index in [0.717, 1.165) is 0 Å². The molecule has 1 aliphatic rings. The van der Waals surface area contributed by atoms with Gasteiger partial charge in [0.05, 0.1) is 27.3 Å². The molecule has 1 N–H and O–H groups in total. The van der Waals surface area contributed by atoms with Gasteiger partial charge >= 0.3 is 0 Å². The molecule has 0 saturated heterocycles. The number of hydrogen-bond donors (Lipinski definition) is 1. The van der Waals surface area contributed by atoms with Crippen molar-refractivity contribution in [1.29, 1.82) is 0 Å². The van der Waals surface area contributed by atoms with E-state index in [9.17, 15) is 13.2 Å². The summed E-state index contributed by atoms with van der Waals surface area (Å²) in [6, 6.07) is 11.6. The van der Waals surface area contributed by atoms with Gasteiger partial charge in [0, 0.05) is 0 Å². The molecule has 0 atom stereocenters. The number of nitrogens with zero attached hydrogens (tertiary/aromatic N) is 2. The normalized spacial score (nSPS) is 15.6. The first-order valence-corrected chi connectivity index (χ1v) is 9.53. The fourth-order valence-electron chi connectivity index (χ4n) is 2.53. The summed E-state index contributed by atoms with van der Waals surface area (Å²) in [5.41, 5.74) is 0.230. The van der Waals surface area contributed by atoms with Crippen molar-refractivity contribution in [3.63, 3.8) is 0 Å². The number of fused-ring (bicyclic) bond motifs is 2. The Morgan fingerprint density at radius 1 is 1.17 bits per heavy atom. The van der Waals surface area contributed by atoms with Gasteiger partial charge in [-0.2, -0.15) is 8.42 Å². The number of sulfonamides is 1. The van der Waals surface area contributed by atoms with Gasteiger partial charge in [0.2, 0.25) is 0 Å². The van der Waals surface area contributed by atoms with Gasteiger partial charge in [-0.25, -0.2) is 0 Å². The van der Waals surface area contributed by atoms with E-state index in [1.165, 1.54) is 21.6 Å². The van der Waals surface area contributed by atoms with Crippen molar-refractivity contribution in [3.8, 4) is 0 Å². The Morgan fingerprint density at radius 2 is 1.96 bits per heavy atom. The standard InChI is InChI=1S/C15H10ClN3O3S2/c16-10-5-3-4-9-14(10)23-19(15(9)20)8-13-17-11-6-1-2-7-12(11)24(21,22)18-13/h1-7H,8H2,(H,17,18). The summed E-state index contributed by atoms with van der Waals surface area (Å²) in [4.78, 5) is 12.6. The summed E-state index contributed by atoms with van der Waals surface area (Å²) in [5.74, 6) is 0.193. The molecule has 122 valence electrons. The van der Waals surface area contributed by atoms with Crippen LogP contribution in [0.25, 0.3) is 10.1 Å². The second kappa shape index (κ2) is 5.44. The second-order valence-corrected chi connectivity index (χ2v) is 8.20. The average Bonchev–Trinajstić information content (AvgIpc) is 2.85. The molecule has 0 amide bonds. The van der Waals surface area contributed by atoms with Crippen LogP contribution < -0.4 is 10.9 Å². The van der Waals surface area contributed by atoms with E-state index in [1.807, 2.05) is 0 Å². The summed E-state index contributed by atoms with van der Waals surface area (Å²) >= 11 is 7.30. The second-order valence-electron chi connectivity index (χ2n) is 5.18. The summed E-state index contributed by atoms with van der Waals surface area (Å²) < 4.78 is 30.4. The van der Waals surface area contributed by atoms with Crippen molar-refractivity contribution in [1.82, 2.24) is 3.96 Å². The zero-order valence-electron chi connectivity index (χ0n) is 12.1. The van der Waals surface area contributed by atoms with Crippen LogP contribution in [-0.4, -0.2) is 18.2 Å². The highest BCUT2D eigenvalue weighted by atomic mass is 35.5. The minimum absolute atomic E-state index is 0.0298. The van der Waals surface area contributed by atoms with Crippen LogP contribution in [0.4, 0.5) is 5.69 Å². The molecule has 0 spiro atoms. The van der Waals surface area contributed by atoms with Crippen molar-refractivity contribution in [3.05, 3.63) is 57.8 Å². The largest absolute Gasteiger partial charge is 0.340 e. The third-order valence-electron chi connectivity index (χ3n) is 3.59. The Kier molecular flexibility index (Phi) is 3.48. The Balaban J connectivity index is 1.78. The van der Waals surface area contributed by atoms with Crippen LogP contribution in [-0.2, 0) is 16.6 Å². The topological polar surface area (TPSA) is 80.5 Å². The van der Waals surface area contributed by atoms with Crippen LogP contribution in [0.1, 0.15) is 0 Å². The monoisotopic (exact) mass is 379 g/mol. The van der Waals surface area contributed by atoms with Crippen LogP contribution >= 0.6 is 23.1 Å². The lowest BCUT2D eigenvalue weighted by molar-refractivity contribution is 0.597. The molecule has 1 aliphatic heterocycles. The highest BCUT2D eigenvalue weighted by Crippen LogP contribution is 2.28. The number of para-hydroxylation sites is 1. The molecule has 24 heavy (non-hydrogen) atoms. The Labute approximate surface area is 146 Å². The zero-order valence-corrected chi connectivity index (χ0v) is 14.5. The van der Waals surface area contributed by atoms with E-state index in [1.54, 1.807) is 36.4 Å². The number of rotatable bonds is 2. The molecule has 0 bridgehead atoms. The number of benzene rings is 2. The first kappa shape index (κ1) is 15.4. The molecule has 0 fully saturated rings. The molecule has 9 heteroatoms. The number of nitrogens with one attached hydrogen (secondary N) is 1. The molecule has 2 aromatic carbocycles. The third kappa shape index (κ3) is 2.43. The minimum Gasteiger partial charge on any atom is -0.340 e. The predicted octanol–water partition coefficient (Wildman–Crippen LogP) is 2.93. The van der Waals surface area contributed by atoms with Gasteiger partial charge in [0.15, 0.2) is 0 Å². The average molecular weight is 380 g/mol. The Hall–Kier alpha value is -2.16. The minimum atomic E-state index is -3.77. The molecule has 6 nitrogen and oxygen atoms in total. The van der Waals surface area contributed by atoms with Gasteiger partial charge in [-0.15, -0.1) is 4.40 Å². The zero-order chi connectivity index (χ0) is 16.9. The van der Waals surface area contributed by atoms with E-state index in [2.05, 4.69) is 9.71 Å². The molecule has 2 heterocycles. The van der Waals surface area contributed by atoms with Crippen molar-refractivity contribution in [2.45, 2.75) is 11.4 Å². The molecule has 0 unspecified atom stereocenters. The van der Waals surface area contributed by atoms with Crippen LogP contribution in [0.5, 0.6) is 0 Å².